The molecule has 0 unspecified atom stereocenters. The summed E-state index contributed by atoms with van der Waals surface area (Å²) in [6, 6.07) is 21.7. The number of thioether (sulfide) groups is 1. The van der Waals surface area contributed by atoms with E-state index in [0.29, 0.717) is 34.0 Å². The summed E-state index contributed by atoms with van der Waals surface area (Å²) < 4.78 is 7.64. The van der Waals surface area contributed by atoms with Gasteiger partial charge in [-0.1, -0.05) is 54.6 Å². The summed E-state index contributed by atoms with van der Waals surface area (Å²) in [5.74, 6) is 1.43. The van der Waals surface area contributed by atoms with Crippen LogP contribution in [0.2, 0.25) is 0 Å². The third kappa shape index (κ3) is 7.09. The molecule has 1 aromatic heterocycles. The first-order valence-corrected chi connectivity index (χ1v) is 16.9. The molecule has 7 nitrogen and oxygen atoms in total. The van der Waals surface area contributed by atoms with Gasteiger partial charge in [0.25, 0.3) is 5.56 Å². The van der Waals surface area contributed by atoms with Gasteiger partial charge in [-0.3, -0.25) is 19.1 Å². The Morgan fingerprint density at radius 3 is 2.30 bits per heavy atom. The van der Waals surface area contributed by atoms with Gasteiger partial charge < -0.3 is 9.64 Å². The minimum Gasteiger partial charge on any atom is -0.492 e. The molecule has 0 bridgehead atoms. The van der Waals surface area contributed by atoms with Crippen LogP contribution in [0.4, 0.5) is 0 Å². The van der Waals surface area contributed by atoms with Crippen LogP contribution in [0.15, 0.2) is 76.7 Å². The van der Waals surface area contributed by atoms with Crippen LogP contribution in [-0.4, -0.2) is 70.5 Å². The van der Waals surface area contributed by atoms with Crippen LogP contribution in [0.1, 0.15) is 59.2 Å². The van der Waals surface area contributed by atoms with Crippen molar-refractivity contribution in [3.63, 3.8) is 0 Å². The summed E-state index contributed by atoms with van der Waals surface area (Å²) in [7, 11) is 1.77. The zero-order valence-corrected chi connectivity index (χ0v) is 26.7. The second kappa shape index (κ2) is 14.1. The minimum absolute atomic E-state index is 0.0127. The highest BCUT2D eigenvalue weighted by atomic mass is 32.2. The van der Waals surface area contributed by atoms with Gasteiger partial charge in [-0.25, -0.2) is 4.98 Å². The lowest BCUT2D eigenvalue weighted by Gasteiger charge is -2.40. The number of carbonyl (C=O) groups is 1. The number of piperidine rings is 2. The SMILES string of the molecule is Cc1cccc2nc(SCc3ccc(C(=O)c4ccc(OCCN5CCC(N6CCCCC6)CC5)cc4)cc3)n(C)c(=O)c12. The molecule has 0 saturated carbocycles. The first-order valence-electron chi connectivity index (χ1n) is 15.9. The Labute approximate surface area is 264 Å². The fraction of sp³-hybridized carbons (Fsp3) is 0.417. The Kier molecular flexibility index (Phi) is 9.79. The van der Waals surface area contributed by atoms with Gasteiger partial charge in [0.2, 0.25) is 0 Å². The van der Waals surface area contributed by atoms with Crippen LogP contribution in [0.25, 0.3) is 10.9 Å². The van der Waals surface area contributed by atoms with Gasteiger partial charge in [-0.05, 0) is 100 Å². The molecule has 0 amide bonds. The number of rotatable bonds is 10. The van der Waals surface area contributed by atoms with E-state index in [0.717, 1.165) is 48.1 Å². The molecule has 0 N–H and O–H groups in total. The number of ether oxygens (including phenoxy) is 1. The molecule has 44 heavy (non-hydrogen) atoms. The average molecular weight is 611 g/mol. The van der Waals surface area contributed by atoms with E-state index in [1.54, 1.807) is 11.6 Å². The lowest BCUT2D eigenvalue weighted by Crippen LogP contribution is -2.47. The molecule has 230 valence electrons. The summed E-state index contributed by atoms with van der Waals surface area (Å²) >= 11 is 1.52. The van der Waals surface area contributed by atoms with Crippen LogP contribution < -0.4 is 10.3 Å². The Balaban J connectivity index is 0.971. The third-order valence-corrected chi connectivity index (χ3v) is 10.2. The number of aryl methyl sites for hydroxylation is 1. The van der Waals surface area contributed by atoms with Crippen molar-refractivity contribution in [2.75, 3.05) is 39.3 Å². The monoisotopic (exact) mass is 610 g/mol. The maximum atomic E-state index is 13.1. The predicted octanol–water partition coefficient (Wildman–Crippen LogP) is 6.09. The molecule has 2 aliphatic heterocycles. The molecule has 2 fully saturated rings. The molecule has 2 aliphatic rings. The molecular formula is C36H42N4O3S. The minimum atomic E-state index is -0.0313. The van der Waals surface area contributed by atoms with Gasteiger partial charge in [-0.15, -0.1) is 0 Å². The molecule has 4 aromatic rings. The van der Waals surface area contributed by atoms with Gasteiger partial charge in [0, 0.05) is 36.5 Å². The normalized spacial score (nSPS) is 16.8. The van der Waals surface area contributed by atoms with Crippen LogP contribution in [0, 0.1) is 6.92 Å². The van der Waals surface area contributed by atoms with E-state index in [1.165, 1.54) is 57.0 Å². The second-order valence-electron chi connectivity index (χ2n) is 12.1. The quantitative estimate of drug-likeness (QED) is 0.122. The number of hydrogen-bond acceptors (Lipinski definition) is 7. The van der Waals surface area contributed by atoms with Crippen molar-refractivity contribution in [2.24, 2.45) is 7.05 Å². The van der Waals surface area contributed by atoms with Gasteiger partial charge in [0.05, 0.1) is 10.9 Å². The second-order valence-corrected chi connectivity index (χ2v) is 13.0. The number of likely N-dealkylation sites (tertiary alicyclic amines) is 2. The van der Waals surface area contributed by atoms with Crippen molar-refractivity contribution < 1.29 is 9.53 Å². The summed E-state index contributed by atoms with van der Waals surface area (Å²) in [6.07, 6.45) is 6.64. The molecule has 0 radical (unpaired) electrons. The lowest BCUT2D eigenvalue weighted by molar-refractivity contribution is 0.0858. The van der Waals surface area contributed by atoms with Crippen molar-refractivity contribution in [1.29, 1.82) is 0 Å². The molecule has 8 heteroatoms. The smallest absolute Gasteiger partial charge is 0.262 e. The summed E-state index contributed by atoms with van der Waals surface area (Å²) in [4.78, 5) is 36.0. The zero-order chi connectivity index (χ0) is 30.5. The Hall–Kier alpha value is -3.46. The average Bonchev–Trinajstić information content (AvgIpc) is 3.07. The van der Waals surface area contributed by atoms with E-state index in [2.05, 4.69) is 9.80 Å². The first kappa shape index (κ1) is 30.6. The molecule has 0 spiro atoms. The molecule has 2 saturated heterocycles. The zero-order valence-electron chi connectivity index (χ0n) is 25.8. The fourth-order valence-corrected chi connectivity index (χ4v) is 7.37. The van der Waals surface area contributed by atoms with E-state index in [-0.39, 0.29) is 11.3 Å². The van der Waals surface area contributed by atoms with Crippen LogP contribution in [0.3, 0.4) is 0 Å². The first-order chi connectivity index (χ1) is 21.5. The third-order valence-electron chi connectivity index (χ3n) is 9.11. The van der Waals surface area contributed by atoms with Crippen LogP contribution in [0.5, 0.6) is 5.75 Å². The standard InChI is InChI=1S/C36H42N4O3S/c1-26-7-6-8-32-33(26)35(42)38(2)36(37-32)44-25-27-9-11-28(12-10-27)34(41)29-13-15-31(16-14-29)43-24-23-39-21-17-30(18-22-39)40-19-4-3-5-20-40/h6-16,30H,3-5,17-25H2,1-2H3. The highest BCUT2D eigenvalue weighted by Crippen LogP contribution is 2.24. The maximum absolute atomic E-state index is 13.1. The number of fused-ring (bicyclic) bond motifs is 1. The van der Waals surface area contributed by atoms with Gasteiger partial charge in [-0.2, -0.15) is 0 Å². The molecule has 0 aliphatic carbocycles. The Morgan fingerprint density at radius 1 is 0.909 bits per heavy atom. The van der Waals surface area contributed by atoms with E-state index >= 15 is 0 Å². The maximum Gasteiger partial charge on any atom is 0.262 e. The summed E-state index contributed by atoms with van der Waals surface area (Å²) in [6.45, 7) is 8.39. The topological polar surface area (TPSA) is 67.7 Å². The molecule has 0 atom stereocenters. The molecular weight excluding hydrogens is 568 g/mol. The van der Waals surface area contributed by atoms with E-state index in [9.17, 15) is 9.59 Å². The lowest BCUT2D eigenvalue weighted by atomic mass is 10.00. The van der Waals surface area contributed by atoms with Crippen molar-refractivity contribution >= 4 is 28.4 Å². The Morgan fingerprint density at radius 2 is 1.59 bits per heavy atom. The highest BCUT2D eigenvalue weighted by molar-refractivity contribution is 7.98. The summed E-state index contributed by atoms with van der Waals surface area (Å²) in [5.41, 5.74) is 3.97. The predicted molar refractivity (Wildman–Crippen MR) is 178 cm³/mol. The van der Waals surface area contributed by atoms with Gasteiger partial charge >= 0.3 is 0 Å². The largest absolute Gasteiger partial charge is 0.492 e. The number of ketones is 1. The highest BCUT2D eigenvalue weighted by Gasteiger charge is 2.25. The number of carbonyl (C=O) groups excluding carboxylic acids is 1. The number of benzene rings is 3. The van der Waals surface area contributed by atoms with Crippen molar-refractivity contribution in [3.05, 3.63) is 99.3 Å². The number of nitrogens with zero attached hydrogens (tertiary/aromatic N) is 4. The van der Waals surface area contributed by atoms with Crippen LogP contribution >= 0.6 is 11.8 Å². The van der Waals surface area contributed by atoms with E-state index in [4.69, 9.17) is 9.72 Å². The van der Waals surface area contributed by atoms with Gasteiger partial charge in [0.15, 0.2) is 10.9 Å². The van der Waals surface area contributed by atoms with E-state index < -0.39 is 0 Å². The van der Waals surface area contributed by atoms with Crippen LogP contribution in [-0.2, 0) is 12.8 Å². The van der Waals surface area contributed by atoms with Crippen molar-refractivity contribution in [3.8, 4) is 5.75 Å². The summed E-state index contributed by atoms with van der Waals surface area (Å²) in [5, 5.41) is 1.34. The fourth-order valence-electron chi connectivity index (χ4n) is 6.44. The van der Waals surface area contributed by atoms with Crippen molar-refractivity contribution in [1.82, 2.24) is 19.4 Å². The number of hydrogen-bond donors (Lipinski definition) is 0. The van der Waals surface area contributed by atoms with Gasteiger partial charge in [0.1, 0.15) is 12.4 Å². The molecule has 3 heterocycles. The Bertz CT molecular complexity index is 1640. The van der Waals surface area contributed by atoms with E-state index in [1.807, 2.05) is 73.7 Å². The molecule has 3 aromatic carbocycles. The molecule has 6 rings (SSSR count). The van der Waals surface area contributed by atoms with Crippen molar-refractivity contribution in [2.45, 2.75) is 56.0 Å². The number of aromatic nitrogens is 2.